The second-order valence-corrected chi connectivity index (χ2v) is 10.3. The van der Waals surface area contributed by atoms with Crippen molar-refractivity contribution in [3.63, 3.8) is 0 Å². The van der Waals surface area contributed by atoms with E-state index in [4.69, 9.17) is 18.9 Å². The second-order valence-electron chi connectivity index (χ2n) is 5.94. The van der Waals surface area contributed by atoms with Crippen LogP contribution in [-0.2, 0) is 4.57 Å². The Balaban J connectivity index is 2.01. The normalized spacial score (nSPS) is 11.3. The summed E-state index contributed by atoms with van der Waals surface area (Å²) in [4.78, 5) is 19.8. The Morgan fingerprint density at radius 1 is 0.867 bits per heavy atom. The van der Waals surface area contributed by atoms with E-state index in [1.54, 1.807) is 39.5 Å². The summed E-state index contributed by atoms with van der Waals surface area (Å²) in [6, 6.07) is 10.7. The number of hydrogen-bond acceptors (Lipinski definition) is 8. The van der Waals surface area contributed by atoms with E-state index in [0.29, 0.717) is 50.5 Å². The van der Waals surface area contributed by atoms with E-state index < -0.39 is 6.80 Å². The van der Waals surface area contributed by atoms with Gasteiger partial charge in [-0.05, 0) is 59.3 Å². The highest BCUT2D eigenvalue weighted by molar-refractivity contribution is 8.54. The van der Waals surface area contributed by atoms with E-state index in [2.05, 4.69) is 4.37 Å². The van der Waals surface area contributed by atoms with Crippen molar-refractivity contribution in [2.45, 2.75) is 4.90 Å². The summed E-state index contributed by atoms with van der Waals surface area (Å²) in [6.45, 7) is -4.33. The fourth-order valence-corrected chi connectivity index (χ4v) is 5.42. The van der Waals surface area contributed by atoms with Crippen LogP contribution in [0.4, 0.5) is 0 Å². The molecule has 3 rings (SSSR count). The third kappa shape index (κ3) is 4.91. The van der Waals surface area contributed by atoms with E-state index in [9.17, 15) is 14.4 Å². The van der Waals surface area contributed by atoms with Crippen LogP contribution in [0.2, 0.25) is 0 Å². The third-order valence-corrected chi connectivity index (χ3v) is 7.03. The molecule has 0 bridgehead atoms. The highest BCUT2D eigenvalue weighted by Crippen LogP contribution is 2.57. The Labute approximate surface area is 181 Å². The summed E-state index contributed by atoms with van der Waals surface area (Å²) in [5.74, 6) is 1.95. The number of hydrogen-bond donors (Lipinski definition) is 2. The van der Waals surface area contributed by atoms with Crippen LogP contribution in [0.15, 0.2) is 41.3 Å². The maximum atomic E-state index is 11.4. The van der Waals surface area contributed by atoms with E-state index in [-0.39, 0.29) is 0 Å². The molecule has 3 aromatic rings. The molecule has 0 aliphatic heterocycles. The van der Waals surface area contributed by atoms with Gasteiger partial charge in [0.2, 0.25) is 5.75 Å². The van der Waals surface area contributed by atoms with Gasteiger partial charge in [-0.3, -0.25) is 0 Å². The van der Waals surface area contributed by atoms with Crippen LogP contribution in [0.3, 0.4) is 0 Å². The Morgan fingerprint density at radius 3 is 2.03 bits per heavy atom. The van der Waals surface area contributed by atoms with Crippen molar-refractivity contribution < 1.29 is 33.3 Å². The number of benzene rings is 2. The monoisotopic (exact) mass is 469 g/mol. The van der Waals surface area contributed by atoms with E-state index in [0.717, 1.165) is 10.4 Å². The van der Waals surface area contributed by atoms with E-state index >= 15 is 0 Å². The van der Waals surface area contributed by atoms with Gasteiger partial charge < -0.3 is 28.7 Å². The van der Waals surface area contributed by atoms with Gasteiger partial charge in [0, 0.05) is 11.1 Å². The molecule has 2 N–H and O–H groups in total. The SMILES string of the molecule is COc1ccc(-c2cc(-c3cc(OC)c(OC)c(OC)c3)sn2)cc1SP(=O)(O)O. The summed E-state index contributed by atoms with van der Waals surface area (Å²) < 4.78 is 37.3. The molecule has 160 valence electrons. The molecule has 0 saturated carbocycles. The third-order valence-electron chi connectivity index (χ3n) is 4.14. The largest absolute Gasteiger partial charge is 0.496 e. The molecule has 0 spiro atoms. The molecule has 8 nitrogen and oxygen atoms in total. The number of methoxy groups -OCH3 is 4. The topological polar surface area (TPSA) is 107 Å². The predicted molar refractivity (Wildman–Crippen MR) is 117 cm³/mol. The minimum Gasteiger partial charge on any atom is -0.496 e. The van der Waals surface area contributed by atoms with Crippen molar-refractivity contribution in [1.29, 1.82) is 0 Å². The van der Waals surface area contributed by atoms with Gasteiger partial charge in [-0.25, -0.2) is 4.57 Å². The van der Waals surface area contributed by atoms with Crippen molar-refractivity contribution >= 4 is 29.7 Å². The van der Waals surface area contributed by atoms with Gasteiger partial charge in [-0.1, -0.05) is 0 Å². The molecule has 2 aromatic carbocycles. The lowest BCUT2D eigenvalue weighted by atomic mass is 10.1. The smallest absolute Gasteiger partial charge is 0.388 e. The summed E-state index contributed by atoms with van der Waals surface area (Å²) >= 11 is 1.73. The zero-order valence-electron chi connectivity index (χ0n) is 16.6. The minimum absolute atomic E-state index is 0.339. The van der Waals surface area contributed by atoms with Crippen LogP contribution >= 0.6 is 29.7 Å². The van der Waals surface area contributed by atoms with Gasteiger partial charge in [-0.15, -0.1) is 0 Å². The predicted octanol–water partition coefficient (Wildman–Crippen LogP) is 4.70. The number of ether oxygens (including phenoxy) is 4. The van der Waals surface area contributed by atoms with Gasteiger partial charge >= 0.3 is 6.80 Å². The average molecular weight is 469 g/mol. The minimum atomic E-state index is -4.33. The standard InChI is InChI=1S/C19H20NO7PS2/c1-24-14-6-5-11(9-18(14)30-28(21,22)23)13-10-17(29-20-13)12-7-15(25-2)19(27-4)16(8-12)26-3/h5-10H,1-4H3,(H2,21,22,23). The summed E-state index contributed by atoms with van der Waals surface area (Å²) in [5.41, 5.74) is 2.22. The number of rotatable bonds is 8. The van der Waals surface area contributed by atoms with Crippen molar-refractivity contribution in [2.24, 2.45) is 0 Å². The van der Waals surface area contributed by atoms with Crippen LogP contribution in [-0.4, -0.2) is 42.6 Å². The molecule has 0 saturated heterocycles. The first-order chi connectivity index (χ1) is 14.3. The molecule has 1 aromatic heterocycles. The summed E-state index contributed by atoms with van der Waals surface area (Å²) in [7, 11) is 6.10. The molecule has 1 heterocycles. The lowest BCUT2D eigenvalue weighted by Crippen LogP contribution is -1.95. The molecule has 0 fully saturated rings. The van der Waals surface area contributed by atoms with Crippen molar-refractivity contribution in [3.8, 4) is 44.7 Å². The fourth-order valence-electron chi connectivity index (χ4n) is 2.81. The highest BCUT2D eigenvalue weighted by Gasteiger charge is 2.20. The molecule has 30 heavy (non-hydrogen) atoms. The maximum Gasteiger partial charge on any atom is 0.388 e. The fraction of sp³-hybridized carbons (Fsp3) is 0.211. The van der Waals surface area contributed by atoms with Gasteiger partial charge in [0.05, 0.1) is 43.9 Å². The maximum absolute atomic E-state index is 11.4. The molecular formula is C19H20NO7PS2. The summed E-state index contributed by atoms with van der Waals surface area (Å²) in [5, 5.41) is 0. The first kappa shape index (κ1) is 22.5. The van der Waals surface area contributed by atoms with Crippen molar-refractivity contribution in [2.75, 3.05) is 28.4 Å². The molecule has 11 heteroatoms. The van der Waals surface area contributed by atoms with Gasteiger partial charge in [0.25, 0.3) is 0 Å². The first-order valence-electron chi connectivity index (χ1n) is 8.50. The van der Waals surface area contributed by atoms with Crippen LogP contribution in [0.5, 0.6) is 23.0 Å². The molecule has 0 unspecified atom stereocenters. The Morgan fingerprint density at radius 2 is 1.50 bits per heavy atom. The van der Waals surface area contributed by atoms with Gasteiger partial charge in [0.15, 0.2) is 11.5 Å². The van der Waals surface area contributed by atoms with Crippen LogP contribution < -0.4 is 18.9 Å². The van der Waals surface area contributed by atoms with Crippen LogP contribution in [0.1, 0.15) is 0 Å². The molecule has 0 aliphatic rings. The van der Waals surface area contributed by atoms with Crippen LogP contribution in [0.25, 0.3) is 21.7 Å². The van der Waals surface area contributed by atoms with E-state index in [1.165, 1.54) is 18.6 Å². The molecule has 0 amide bonds. The second kappa shape index (κ2) is 9.28. The number of aromatic nitrogens is 1. The average Bonchev–Trinajstić information content (AvgIpc) is 3.21. The van der Waals surface area contributed by atoms with Gasteiger partial charge in [-0.2, -0.15) is 4.37 Å². The van der Waals surface area contributed by atoms with E-state index in [1.807, 2.05) is 18.2 Å². The molecule has 0 aliphatic carbocycles. The quantitative estimate of drug-likeness (QED) is 0.454. The zero-order valence-corrected chi connectivity index (χ0v) is 19.1. The first-order valence-corrected chi connectivity index (χ1v) is 12.3. The zero-order chi connectivity index (χ0) is 21.9. The van der Waals surface area contributed by atoms with Gasteiger partial charge in [0.1, 0.15) is 5.75 Å². The van der Waals surface area contributed by atoms with Crippen molar-refractivity contribution in [1.82, 2.24) is 4.37 Å². The van der Waals surface area contributed by atoms with Crippen molar-refractivity contribution in [3.05, 3.63) is 36.4 Å². The number of nitrogens with zero attached hydrogens (tertiary/aromatic N) is 1. The molecule has 0 atom stereocenters. The molecular weight excluding hydrogens is 449 g/mol. The molecule has 0 radical (unpaired) electrons. The Kier molecular flexibility index (Phi) is 6.95. The van der Waals surface area contributed by atoms with Crippen LogP contribution in [0, 0.1) is 0 Å². The highest BCUT2D eigenvalue weighted by atomic mass is 32.7. The lowest BCUT2D eigenvalue weighted by molar-refractivity contribution is 0.324. The summed E-state index contributed by atoms with van der Waals surface area (Å²) in [6.07, 6.45) is 0. The Bertz CT molecular complexity index is 1070. The lowest BCUT2D eigenvalue weighted by Gasteiger charge is -2.13. The Hall–Kier alpha value is -2.23.